The smallest absolute Gasteiger partial charge is 0.179 e. The second-order valence-corrected chi connectivity index (χ2v) is 11.1. The molecular weight excluding hydrogens is 473 g/mol. The fourth-order valence-electron chi connectivity index (χ4n) is 7.37. The van der Waals surface area contributed by atoms with E-state index in [0.717, 1.165) is 17.3 Å². The van der Waals surface area contributed by atoms with Gasteiger partial charge in [0.25, 0.3) is 0 Å². The molecule has 4 unspecified atom stereocenters. The van der Waals surface area contributed by atoms with Crippen LogP contribution in [0.1, 0.15) is 44.2 Å². The predicted octanol–water partition coefficient (Wildman–Crippen LogP) is 4.49. The van der Waals surface area contributed by atoms with Crippen molar-refractivity contribution in [3.63, 3.8) is 0 Å². The van der Waals surface area contributed by atoms with Crippen molar-refractivity contribution in [3.05, 3.63) is 48.3 Å². The molecule has 4 aliphatic carbocycles. The van der Waals surface area contributed by atoms with E-state index in [9.17, 15) is 10.4 Å². The maximum atomic E-state index is 15.6. The van der Waals surface area contributed by atoms with Crippen molar-refractivity contribution in [3.8, 4) is 11.8 Å². The van der Waals surface area contributed by atoms with E-state index >= 15 is 4.39 Å². The first-order valence-electron chi connectivity index (χ1n) is 12.5. The molecule has 4 fully saturated rings. The van der Waals surface area contributed by atoms with Gasteiger partial charge in [-0.05, 0) is 49.8 Å². The van der Waals surface area contributed by atoms with Crippen molar-refractivity contribution in [1.29, 1.82) is 5.26 Å². The third-order valence-electron chi connectivity index (χ3n) is 8.11. The van der Waals surface area contributed by atoms with Gasteiger partial charge >= 0.3 is 0 Å². The molecule has 0 radical (unpaired) electrons. The lowest BCUT2D eigenvalue weighted by molar-refractivity contribution is -0.172. The summed E-state index contributed by atoms with van der Waals surface area (Å²) in [5.74, 6) is 1.86. The number of hydrogen-bond acceptors (Lipinski definition) is 8. The number of aromatic nitrogens is 4. The van der Waals surface area contributed by atoms with Crippen LogP contribution in [0.4, 0.5) is 21.7 Å². The average molecular weight is 500 g/mol. The predicted molar refractivity (Wildman–Crippen MR) is 136 cm³/mol. The first kappa shape index (κ1) is 22.2. The molecule has 3 heterocycles. The van der Waals surface area contributed by atoms with Crippen LogP contribution >= 0.6 is 0 Å². The number of imidazole rings is 1. The number of methoxy groups -OCH3 is 1. The monoisotopic (exact) mass is 499 g/mol. The SMILES string of the molecule is COc1cccc2ccc(Nc3cc(NC45CC6CC(O)(CC(F)(C6)C4)C5)nn4c(C#N)cnc34)nc12. The Morgan fingerprint density at radius 3 is 2.84 bits per heavy atom. The molecule has 0 saturated heterocycles. The van der Waals surface area contributed by atoms with Crippen molar-refractivity contribution < 1.29 is 14.2 Å². The fraction of sp³-hybridized carbons (Fsp3) is 0.407. The summed E-state index contributed by atoms with van der Waals surface area (Å²) < 4.78 is 22.6. The molecule has 0 spiro atoms. The maximum absolute atomic E-state index is 15.6. The molecule has 4 bridgehead atoms. The van der Waals surface area contributed by atoms with Gasteiger partial charge in [-0.1, -0.05) is 12.1 Å². The van der Waals surface area contributed by atoms with Crippen LogP contribution in [-0.4, -0.2) is 48.6 Å². The molecule has 37 heavy (non-hydrogen) atoms. The number of benzene rings is 1. The van der Waals surface area contributed by atoms with Gasteiger partial charge in [0.1, 0.15) is 34.6 Å². The van der Waals surface area contributed by atoms with Crippen LogP contribution in [0, 0.1) is 17.2 Å². The van der Waals surface area contributed by atoms with Crippen LogP contribution in [0.3, 0.4) is 0 Å². The van der Waals surface area contributed by atoms with E-state index in [1.54, 1.807) is 7.11 Å². The Balaban J connectivity index is 1.29. The molecule has 4 atom stereocenters. The van der Waals surface area contributed by atoms with E-state index in [1.807, 2.05) is 36.4 Å². The van der Waals surface area contributed by atoms with Gasteiger partial charge in [-0.15, -0.1) is 5.10 Å². The number of halogens is 1. The fourth-order valence-corrected chi connectivity index (χ4v) is 7.37. The molecular formula is C27H26FN7O2. The lowest BCUT2D eigenvalue weighted by Crippen LogP contribution is -2.67. The lowest BCUT2D eigenvalue weighted by Gasteiger charge is -2.62. The molecule has 4 aromatic rings. The summed E-state index contributed by atoms with van der Waals surface area (Å²) in [6.45, 7) is 0. The zero-order valence-corrected chi connectivity index (χ0v) is 20.3. The standard InChI is InChI=1S/C27H26FN7O2/c1-37-20-4-2-3-17-5-6-21(32-23(17)20)31-19-7-22(34-35-18(11-29)12-30-24(19)35)33-26-9-16-8-25(28,13-26)14-27(36,10-16)15-26/h2-7,12,16,36H,8-10,13-15H2,1H3,(H,31,32)(H,33,34). The first-order chi connectivity index (χ1) is 17.8. The minimum Gasteiger partial charge on any atom is -0.494 e. The second-order valence-electron chi connectivity index (χ2n) is 11.1. The van der Waals surface area contributed by atoms with Gasteiger partial charge in [-0.3, -0.25) is 0 Å². The Bertz CT molecular complexity index is 1590. The average Bonchev–Trinajstić information content (AvgIpc) is 3.24. The number of nitrogens with one attached hydrogen (secondary N) is 2. The number of fused-ring (bicyclic) bond motifs is 2. The molecule has 4 aliphatic rings. The van der Waals surface area contributed by atoms with Gasteiger partial charge < -0.3 is 20.5 Å². The summed E-state index contributed by atoms with van der Waals surface area (Å²) in [6.07, 6.45) is 4.43. The zero-order chi connectivity index (χ0) is 25.4. The van der Waals surface area contributed by atoms with Crippen molar-refractivity contribution in [1.82, 2.24) is 19.6 Å². The van der Waals surface area contributed by atoms with Gasteiger partial charge in [-0.25, -0.2) is 14.4 Å². The summed E-state index contributed by atoms with van der Waals surface area (Å²) in [5.41, 5.74) is -0.895. The Morgan fingerprint density at radius 2 is 2.05 bits per heavy atom. The second kappa shape index (κ2) is 7.52. The molecule has 0 aliphatic heterocycles. The van der Waals surface area contributed by atoms with E-state index in [2.05, 4.69) is 26.8 Å². The number of alkyl halides is 1. The van der Waals surface area contributed by atoms with Crippen LogP contribution in [0.5, 0.6) is 5.75 Å². The molecule has 3 N–H and O–H groups in total. The summed E-state index contributed by atoms with van der Waals surface area (Å²) in [5, 5.41) is 33.2. The third kappa shape index (κ3) is 3.56. The number of nitrogens with zero attached hydrogens (tertiary/aromatic N) is 5. The quantitative estimate of drug-likeness (QED) is 0.367. The van der Waals surface area contributed by atoms with Crippen LogP contribution in [0.2, 0.25) is 0 Å². The molecule has 10 heteroatoms. The summed E-state index contributed by atoms with van der Waals surface area (Å²) in [4.78, 5) is 9.15. The number of para-hydroxylation sites is 1. The van der Waals surface area contributed by atoms with E-state index < -0.39 is 16.8 Å². The van der Waals surface area contributed by atoms with Crippen LogP contribution < -0.4 is 15.4 Å². The number of anilines is 3. The first-order valence-corrected chi connectivity index (χ1v) is 12.5. The number of rotatable bonds is 5. The Kier molecular flexibility index (Phi) is 4.52. The third-order valence-corrected chi connectivity index (χ3v) is 8.11. The molecule has 9 nitrogen and oxygen atoms in total. The number of aliphatic hydroxyl groups is 1. The Labute approximate surface area is 212 Å². The Morgan fingerprint density at radius 1 is 1.16 bits per heavy atom. The summed E-state index contributed by atoms with van der Waals surface area (Å²) in [6, 6.07) is 13.5. The molecule has 1 aromatic carbocycles. The van der Waals surface area contributed by atoms with Gasteiger partial charge in [0, 0.05) is 29.8 Å². The number of nitriles is 1. The summed E-state index contributed by atoms with van der Waals surface area (Å²) >= 11 is 0. The topological polar surface area (TPSA) is 120 Å². The minimum absolute atomic E-state index is 0.139. The number of hydrogen-bond donors (Lipinski definition) is 3. The normalized spacial score (nSPS) is 29.9. The highest BCUT2D eigenvalue weighted by Crippen LogP contribution is 2.61. The van der Waals surface area contributed by atoms with Crippen LogP contribution in [0.25, 0.3) is 16.6 Å². The van der Waals surface area contributed by atoms with Crippen LogP contribution in [0.15, 0.2) is 42.6 Å². The van der Waals surface area contributed by atoms with Gasteiger partial charge in [0.15, 0.2) is 11.3 Å². The van der Waals surface area contributed by atoms with E-state index in [1.165, 1.54) is 10.7 Å². The van der Waals surface area contributed by atoms with Gasteiger partial charge in [0.05, 0.1) is 24.6 Å². The van der Waals surface area contributed by atoms with Crippen molar-refractivity contribution >= 4 is 33.9 Å². The van der Waals surface area contributed by atoms with Gasteiger partial charge in [-0.2, -0.15) is 9.78 Å². The number of ether oxygens (including phenoxy) is 1. The molecule has 0 amide bonds. The molecule has 3 aromatic heterocycles. The van der Waals surface area contributed by atoms with Crippen LogP contribution in [-0.2, 0) is 0 Å². The highest BCUT2D eigenvalue weighted by molar-refractivity contribution is 5.87. The largest absolute Gasteiger partial charge is 0.494 e. The maximum Gasteiger partial charge on any atom is 0.179 e. The molecule has 188 valence electrons. The number of pyridine rings is 1. The van der Waals surface area contributed by atoms with E-state index in [0.29, 0.717) is 54.4 Å². The highest BCUT2D eigenvalue weighted by atomic mass is 19.1. The van der Waals surface area contributed by atoms with E-state index in [4.69, 9.17) is 9.72 Å². The summed E-state index contributed by atoms with van der Waals surface area (Å²) in [7, 11) is 1.61. The van der Waals surface area contributed by atoms with Crippen molar-refractivity contribution in [2.45, 2.75) is 55.3 Å². The Hall–Kier alpha value is -3.97. The minimum atomic E-state index is -1.37. The lowest BCUT2D eigenvalue weighted by atomic mass is 9.50. The van der Waals surface area contributed by atoms with Crippen molar-refractivity contribution in [2.24, 2.45) is 5.92 Å². The highest BCUT2D eigenvalue weighted by Gasteiger charge is 2.64. The molecule has 4 saturated carbocycles. The van der Waals surface area contributed by atoms with E-state index in [-0.39, 0.29) is 18.0 Å². The molecule has 8 rings (SSSR count). The van der Waals surface area contributed by atoms with Gasteiger partial charge in [0.2, 0.25) is 0 Å². The zero-order valence-electron chi connectivity index (χ0n) is 20.3. The van der Waals surface area contributed by atoms with Crippen molar-refractivity contribution in [2.75, 3.05) is 17.7 Å².